The summed E-state index contributed by atoms with van der Waals surface area (Å²) in [7, 11) is 0. The lowest BCUT2D eigenvalue weighted by molar-refractivity contribution is 0.403. The Morgan fingerprint density at radius 2 is 1.84 bits per heavy atom. The fraction of sp³-hybridized carbons (Fsp3) is 0.250. The van der Waals surface area contributed by atoms with Gasteiger partial charge in [0.05, 0.1) is 17.6 Å². The fourth-order valence-electron chi connectivity index (χ4n) is 4.09. The molecule has 1 aromatic heterocycles. The molecule has 1 aliphatic heterocycles. The Morgan fingerprint density at radius 1 is 1.10 bits per heavy atom. The largest absolute Gasteiger partial charge is 0.382 e. The average molecular weight is 429 g/mol. The van der Waals surface area contributed by atoms with Crippen LogP contribution in [-0.4, -0.2) is 23.7 Å². The quantitative estimate of drug-likeness (QED) is 0.434. The van der Waals surface area contributed by atoms with Gasteiger partial charge in [-0.15, -0.1) is 0 Å². The second kappa shape index (κ2) is 8.49. The number of fused-ring (bicyclic) bond motifs is 1. The topological polar surface area (TPSA) is 39.9 Å². The standard InChI is InChI=1S/C24H23F4N3/c1-13(29-22-11-18(12-25)30-14(22)2)3-8-19-20-9-17(27)10-21(28)24(20)31-23(19)15-4-6-16(26)7-5-15/h4-7,9-10,18,22,29-31H,1-3,8,11-12H2. The van der Waals surface area contributed by atoms with Crippen LogP contribution < -0.4 is 10.6 Å². The summed E-state index contributed by atoms with van der Waals surface area (Å²) in [5, 5.41) is 6.71. The van der Waals surface area contributed by atoms with Gasteiger partial charge in [0, 0.05) is 28.5 Å². The Hall–Kier alpha value is -3.22. The molecule has 0 bridgehead atoms. The predicted octanol–water partition coefficient (Wildman–Crippen LogP) is 5.50. The molecule has 3 aromatic rings. The number of H-pyrrole nitrogens is 1. The minimum atomic E-state index is -0.688. The van der Waals surface area contributed by atoms with E-state index in [0.717, 1.165) is 6.07 Å². The normalized spacial score (nSPS) is 18.4. The molecule has 3 N–H and O–H groups in total. The Bertz CT molecular complexity index is 1130. The predicted molar refractivity (Wildman–Crippen MR) is 115 cm³/mol. The van der Waals surface area contributed by atoms with Crippen LogP contribution in [0.15, 0.2) is 61.0 Å². The summed E-state index contributed by atoms with van der Waals surface area (Å²) in [5.41, 5.74) is 3.62. The molecule has 1 fully saturated rings. The molecule has 4 rings (SSSR count). The Kier molecular flexibility index (Phi) is 5.76. The van der Waals surface area contributed by atoms with Gasteiger partial charge in [-0.05, 0) is 60.7 Å². The van der Waals surface area contributed by atoms with Crippen LogP contribution in [0.1, 0.15) is 18.4 Å². The number of hydrogen-bond acceptors (Lipinski definition) is 2. The molecule has 2 aromatic carbocycles. The van der Waals surface area contributed by atoms with Crippen LogP contribution in [0.2, 0.25) is 0 Å². The fourth-order valence-corrected chi connectivity index (χ4v) is 4.09. The summed E-state index contributed by atoms with van der Waals surface area (Å²) in [4.78, 5) is 3.03. The van der Waals surface area contributed by atoms with Crippen molar-refractivity contribution < 1.29 is 17.6 Å². The Morgan fingerprint density at radius 3 is 2.52 bits per heavy atom. The number of rotatable bonds is 7. The lowest BCUT2D eigenvalue weighted by Gasteiger charge is -2.17. The van der Waals surface area contributed by atoms with Gasteiger partial charge in [0.15, 0.2) is 0 Å². The number of aromatic nitrogens is 1. The summed E-state index contributed by atoms with van der Waals surface area (Å²) >= 11 is 0. The minimum absolute atomic E-state index is 0.123. The molecule has 2 atom stereocenters. The van der Waals surface area contributed by atoms with Gasteiger partial charge in [0.25, 0.3) is 0 Å². The summed E-state index contributed by atoms with van der Waals surface area (Å²) in [5.74, 6) is -1.74. The molecule has 3 nitrogen and oxygen atoms in total. The first-order chi connectivity index (χ1) is 14.9. The molecule has 2 unspecified atom stereocenters. The maximum absolute atomic E-state index is 14.4. The van der Waals surface area contributed by atoms with Crippen LogP contribution >= 0.6 is 0 Å². The van der Waals surface area contributed by atoms with Crippen molar-refractivity contribution in [3.8, 4) is 11.3 Å². The molecule has 7 heteroatoms. The van der Waals surface area contributed by atoms with E-state index in [2.05, 4.69) is 28.8 Å². The molecular formula is C24H23F4N3. The maximum Gasteiger partial charge on any atom is 0.150 e. The number of hydrogen-bond donors (Lipinski definition) is 3. The SMILES string of the molecule is C=C(CCc1c(-c2ccc(F)cc2)[nH]c2c(F)cc(F)cc12)NC1CC(CF)NC1=C. The molecule has 2 heterocycles. The maximum atomic E-state index is 14.4. The second-order valence-electron chi connectivity index (χ2n) is 7.85. The number of halogens is 4. The van der Waals surface area contributed by atoms with Gasteiger partial charge >= 0.3 is 0 Å². The van der Waals surface area contributed by atoms with E-state index in [1.54, 1.807) is 12.1 Å². The van der Waals surface area contributed by atoms with Crippen molar-refractivity contribution in [3.05, 3.63) is 84.0 Å². The molecule has 0 saturated carbocycles. The third-order valence-corrected chi connectivity index (χ3v) is 5.64. The van der Waals surface area contributed by atoms with E-state index in [-0.39, 0.29) is 23.4 Å². The number of aryl methyl sites for hydroxylation is 1. The van der Waals surface area contributed by atoms with E-state index in [0.29, 0.717) is 52.9 Å². The molecular weight excluding hydrogens is 406 g/mol. The Labute approximate surface area is 177 Å². The lowest BCUT2D eigenvalue weighted by atomic mass is 10.00. The van der Waals surface area contributed by atoms with Crippen LogP contribution in [-0.2, 0) is 6.42 Å². The van der Waals surface area contributed by atoms with Crippen LogP contribution in [0, 0.1) is 17.5 Å². The molecule has 1 aliphatic rings. The van der Waals surface area contributed by atoms with E-state index in [1.165, 1.54) is 18.2 Å². The zero-order valence-corrected chi connectivity index (χ0v) is 16.9. The molecule has 0 amide bonds. The van der Waals surface area contributed by atoms with Crippen molar-refractivity contribution >= 4 is 10.9 Å². The molecule has 0 aliphatic carbocycles. The number of benzene rings is 2. The third-order valence-electron chi connectivity index (χ3n) is 5.64. The summed E-state index contributed by atoms with van der Waals surface area (Å²) in [6, 6.07) is 7.57. The second-order valence-corrected chi connectivity index (χ2v) is 7.85. The number of alkyl halides is 1. The van der Waals surface area contributed by atoms with Gasteiger partial charge in [-0.3, -0.25) is 0 Å². The third kappa shape index (κ3) is 4.31. The molecule has 0 spiro atoms. The summed E-state index contributed by atoms with van der Waals surface area (Å²) in [6.07, 6.45) is 1.50. The van der Waals surface area contributed by atoms with Crippen LogP contribution in [0.25, 0.3) is 22.2 Å². The lowest BCUT2D eigenvalue weighted by Crippen LogP contribution is -2.28. The van der Waals surface area contributed by atoms with Gasteiger partial charge in [-0.2, -0.15) is 0 Å². The van der Waals surface area contributed by atoms with E-state index in [1.807, 2.05) is 0 Å². The summed E-state index contributed by atoms with van der Waals surface area (Å²) in [6.45, 7) is 7.49. The molecule has 31 heavy (non-hydrogen) atoms. The van der Waals surface area contributed by atoms with Gasteiger partial charge in [0.1, 0.15) is 24.1 Å². The van der Waals surface area contributed by atoms with Crippen LogP contribution in [0.4, 0.5) is 17.6 Å². The average Bonchev–Trinajstić information content (AvgIpc) is 3.27. The van der Waals surface area contributed by atoms with Crippen molar-refractivity contribution in [1.29, 1.82) is 0 Å². The van der Waals surface area contributed by atoms with E-state index in [4.69, 9.17) is 0 Å². The van der Waals surface area contributed by atoms with E-state index >= 15 is 0 Å². The monoisotopic (exact) mass is 429 g/mol. The highest BCUT2D eigenvalue weighted by Gasteiger charge is 2.27. The smallest absolute Gasteiger partial charge is 0.150 e. The molecule has 0 radical (unpaired) electrons. The number of aromatic amines is 1. The van der Waals surface area contributed by atoms with Gasteiger partial charge in [-0.1, -0.05) is 13.2 Å². The highest BCUT2D eigenvalue weighted by atomic mass is 19.1. The zero-order chi connectivity index (χ0) is 22.1. The van der Waals surface area contributed by atoms with Gasteiger partial charge in [0.2, 0.25) is 0 Å². The highest BCUT2D eigenvalue weighted by molar-refractivity contribution is 5.91. The van der Waals surface area contributed by atoms with Crippen molar-refractivity contribution in [3.63, 3.8) is 0 Å². The molecule has 1 saturated heterocycles. The highest BCUT2D eigenvalue weighted by Crippen LogP contribution is 2.34. The van der Waals surface area contributed by atoms with Crippen molar-refractivity contribution in [2.24, 2.45) is 0 Å². The first-order valence-corrected chi connectivity index (χ1v) is 10.1. The van der Waals surface area contributed by atoms with Crippen molar-refractivity contribution in [1.82, 2.24) is 15.6 Å². The van der Waals surface area contributed by atoms with E-state index in [9.17, 15) is 17.6 Å². The first-order valence-electron chi connectivity index (χ1n) is 10.1. The zero-order valence-electron chi connectivity index (χ0n) is 16.9. The van der Waals surface area contributed by atoms with Gasteiger partial charge < -0.3 is 15.6 Å². The first kappa shape index (κ1) is 21.0. The molecule has 162 valence electrons. The summed E-state index contributed by atoms with van der Waals surface area (Å²) < 4.78 is 54.6. The number of allylic oxidation sites excluding steroid dienone is 1. The number of nitrogens with one attached hydrogen (secondary N) is 3. The van der Waals surface area contributed by atoms with E-state index < -0.39 is 18.3 Å². The van der Waals surface area contributed by atoms with Crippen molar-refractivity contribution in [2.75, 3.05) is 6.67 Å². The van der Waals surface area contributed by atoms with Crippen molar-refractivity contribution in [2.45, 2.75) is 31.3 Å². The van der Waals surface area contributed by atoms with Crippen LogP contribution in [0.3, 0.4) is 0 Å². The van der Waals surface area contributed by atoms with Gasteiger partial charge in [-0.25, -0.2) is 17.6 Å². The minimum Gasteiger partial charge on any atom is -0.382 e. The Balaban J connectivity index is 1.60. The van der Waals surface area contributed by atoms with Crippen LogP contribution in [0.5, 0.6) is 0 Å².